The summed E-state index contributed by atoms with van der Waals surface area (Å²) in [7, 11) is 0. The van der Waals surface area contributed by atoms with Gasteiger partial charge in [0.25, 0.3) is 0 Å². The number of ether oxygens (including phenoxy) is 2. The van der Waals surface area contributed by atoms with Crippen LogP contribution in [0.1, 0.15) is 20.8 Å². The Morgan fingerprint density at radius 3 is 3.10 bits per heavy atom. The lowest BCUT2D eigenvalue weighted by Gasteiger charge is -2.36. The second-order valence-electron chi connectivity index (χ2n) is 5.11. The zero-order chi connectivity index (χ0) is 14.4. The van der Waals surface area contributed by atoms with Gasteiger partial charge in [0, 0.05) is 19.2 Å². The Morgan fingerprint density at radius 2 is 2.35 bits per heavy atom. The van der Waals surface area contributed by atoms with Crippen LogP contribution in [0.4, 0.5) is 5.82 Å². The highest BCUT2D eigenvalue weighted by Gasteiger charge is 2.24. The van der Waals surface area contributed by atoms with E-state index in [1.807, 2.05) is 19.9 Å². The van der Waals surface area contributed by atoms with E-state index < -0.39 is 0 Å². The lowest BCUT2D eigenvalue weighted by Crippen LogP contribution is -2.51. The van der Waals surface area contributed by atoms with Crippen molar-refractivity contribution in [2.75, 3.05) is 37.7 Å². The normalized spacial score (nSPS) is 19.4. The van der Waals surface area contributed by atoms with Crippen molar-refractivity contribution in [3.63, 3.8) is 0 Å². The summed E-state index contributed by atoms with van der Waals surface area (Å²) in [6.45, 7) is 10.2. The molecule has 0 spiro atoms. The van der Waals surface area contributed by atoms with Crippen molar-refractivity contribution in [2.45, 2.75) is 32.9 Å². The average Bonchev–Trinajstić information content (AvgIpc) is 2.45. The first-order valence-electron chi connectivity index (χ1n) is 7.24. The van der Waals surface area contributed by atoms with E-state index in [1.165, 1.54) is 0 Å². The van der Waals surface area contributed by atoms with E-state index >= 15 is 0 Å². The minimum atomic E-state index is 0.111. The van der Waals surface area contributed by atoms with Gasteiger partial charge in [0.05, 0.1) is 25.4 Å². The van der Waals surface area contributed by atoms with Crippen LogP contribution in [0, 0.1) is 0 Å². The standard InChI is InChI=1S/C14H24N4O2/c1-4-15-8-12-9-19-6-5-18(12)13-7-14(17-10-16-13)20-11(2)3/h7,10-12,15H,4-6,8-9H2,1-3H3. The van der Waals surface area contributed by atoms with Gasteiger partial charge in [0.15, 0.2) is 0 Å². The lowest BCUT2D eigenvalue weighted by atomic mass is 10.2. The first kappa shape index (κ1) is 15.0. The van der Waals surface area contributed by atoms with Crippen LogP contribution in [0.5, 0.6) is 5.88 Å². The summed E-state index contributed by atoms with van der Waals surface area (Å²) in [4.78, 5) is 10.8. The van der Waals surface area contributed by atoms with Crippen LogP contribution in [0.15, 0.2) is 12.4 Å². The lowest BCUT2D eigenvalue weighted by molar-refractivity contribution is 0.0934. The summed E-state index contributed by atoms with van der Waals surface area (Å²) in [5, 5.41) is 3.37. The van der Waals surface area contributed by atoms with E-state index in [0.29, 0.717) is 11.9 Å². The Kier molecular flexibility index (Phi) is 5.55. The molecule has 6 nitrogen and oxygen atoms in total. The summed E-state index contributed by atoms with van der Waals surface area (Å²) in [5.74, 6) is 1.53. The maximum Gasteiger partial charge on any atom is 0.218 e. The van der Waals surface area contributed by atoms with Gasteiger partial charge in [0.1, 0.15) is 12.1 Å². The number of nitrogens with one attached hydrogen (secondary N) is 1. The first-order chi connectivity index (χ1) is 9.70. The molecule has 2 heterocycles. The minimum Gasteiger partial charge on any atom is -0.475 e. The second kappa shape index (κ2) is 7.40. The van der Waals surface area contributed by atoms with Crippen molar-refractivity contribution in [1.82, 2.24) is 15.3 Å². The Balaban J connectivity index is 2.10. The van der Waals surface area contributed by atoms with Crippen molar-refractivity contribution in [3.8, 4) is 5.88 Å². The van der Waals surface area contributed by atoms with E-state index in [1.54, 1.807) is 6.33 Å². The quantitative estimate of drug-likeness (QED) is 0.841. The molecule has 1 fully saturated rings. The number of morpholine rings is 1. The molecule has 1 N–H and O–H groups in total. The molecule has 1 atom stereocenters. The van der Waals surface area contributed by atoms with E-state index in [-0.39, 0.29) is 6.10 Å². The van der Waals surface area contributed by atoms with Gasteiger partial charge >= 0.3 is 0 Å². The van der Waals surface area contributed by atoms with Crippen molar-refractivity contribution >= 4 is 5.82 Å². The number of rotatable bonds is 6. The van der Waals surface area contributed by atoms with Crippen molar-refractivity contribution in [3.05, 3.63) is 12.4 Å². The van der Waals surface area contributed by atoms with Crippen LogP contribution in [-0.4, -0.2) is 55.0 Å². The molecule has 0 bridgehead atoms. The highest BCUT2D eigenvalue weighted by atomic mass is 16.5. The number of aromatic nitrogens is 2. The van der Waals surface area contributed by atoms with Crippen LogP contribution in [-0.2, 0) is 4.74 Å². The fourth-order valence-electron chi connectivity index (χ4n) is 2.23. The molecular formula is C14H24N4O2. The second-order valence-corrected chi connectivity index (χ2v) is 5.11. The Hall–Kier alpha value is -1.40. The molecule has 0 aromatic carbocycles. The van der Waals surface area contributed by atoms with Crippen LogP contribution in [0.2, 0.25) is 0 Å². The molecule has 0 aliphatic carbocycles. The Bertz CT molecular complexity index is 414. The maximum atomic E-state index is 5.64. The Morgan fingerprint density at radius 1 is 1.50 bits per heavy atom. The predicted molar refractivity (Wildman–Crippen MR) is 78.3 cm³/mol. The fourth-order valence-corrected chi connectivity index (χ4v) is 2.23. The Labute approximate surface area is 120 Å². The average molecular weight is 280 g/mol. The molecule has 2 rings (SSSR count). The van der Waals surface area contributed by atoms with Crippen LogP contribution in [0.3, 0.4) is 0 Å². The first-order valence-corrected chi connectivity index (χ1v) is 7.24. The van der Waals surface area contributed by atoms with Crippen LogP contribution < -0.4 is 15.0 Å². The predicted octanol–water partition coefficient (Wildman–Crippen LogP) is 1.08. The number of likely N-dealkylation sites (N-methyl/N-ethyl adjacent to an activating group) is 1. The molecule has 1 unspecified atom stereocenters. The zero-order valence-corrected chi connectivity index (χ0v) is 12.5. The van der Waals surface area contributed by atoms with Crippen LogP contribution in [0.25, 0.3) is 0 Å². The topological polar surface area (TPSA) is 59.5 Å². The third-order valence-corrected chi connectivity index (χ3v) is 3.14. The number of hydrogen-bond donors (Lipinski definition) is 1. The molecular weight excluding hydrogens is 256 g/mol. The maximum absolute atomic E-state index is 5.64. The molecule has 1 aliphatic heterocycles. The van der Waals surface area contributed by atoms with Gasteiger partial charge in [-0.3, -0.25) is 0 Å². The molecule has 1 aromatic heterocycles. The smallest absolute Gasteiger partial charge is 0.218 e. The van der Waals surface area contributed by atoms with Gasteiger partial charge in [-0.2, -0.15) is 0 Å². The van der Waals surface area contributed by atoms with E-state index in [0.717, 1.165) is 38.7 Å². The van der Waals surface area contributed by atoms with Gasteiger partial charge in [-0.05, 0) is 20.4 Å². The summed E-state index contributed by atoms with van der Waals surface area (Å²) >= 11 is 0. The van der Waals surface area contributed by atoms with Gasteiger partial charge in [-0.25, -0.2) is 9.97 Å². The summed E-state index contributed by atoms with van der Waals surface area (Å²) < 4.78 is 11.2. The molecule has 1 aliphatic rings. The highest BCUT2D eigenvalue weighted by molar-refractivity contribution is 5.42. The molecule has 0 saturated carbocycles. The van der Waals surface area contributed by atoms with E-state index in [9.17, 15) is 0 Å². The number of nitrogens with zero attached hydrogens (tertiary/aromatic N) is 3. The number of hydrogen-bond acceptors (Lipinski definition) is 6. The van der Waals surface area contributed by atoms with E-state index in [2.05, 4.69) is 27.1 Å². The fraction of sp³-hybridized carbons (Fsp3) is 0.714. The molecule has 0 radical (unpaired) electrons. The molecule has 1 saturated heterocycles. The summed E-state index contributed by atoms with van der Waals surface area (Å²) in [6, 6.07) is 2.20. The van der Waals surface area contributed by atoms with E-state index in [4.69, 9.17) is 9.47 Å². The van der Waals surface area contributed by atoms with Gasteiger partial charge in [-0.15, -0.1) is 0 Å². The largest absolute Gasteiger partial charge is 0.475 e. The third kappa shape index (κ3) is 4.05. The van der Waals surface area contributed by atoms with Crippen molar-refractivity contribution < 1.29 is 9.47 Å². The minimum absolute atomic E-state index is 0.111. The monoisotopic (exact) mass is 280 g/mol. The van der Waals surface area contributed by atoms with Gasteiger partial charge in [0.2, 0.25) is 5.88 Å². The van der Waals surface area contributed by atoms with Crippen LogP contribution >= 0.6 is 0 Å². The summed E-state index contributed by atoms with van der Waals surface area (Å²) in [5.41, 5.74) is 0. The van der Waals surface area contributed by atoms with Crippen molar-refractivity contribution in [1.29, 1.82) is 0 Å². The van der Waals surface area contributed by atoms with Gasteiger partial charge in [-0.1, -0.05) is 6.92 Å². The molecule has 0 amide bonds. The molecule has 20 heavy (non-hydrogen) atoms. The molecule has 1 aromatic rings. The zero-order valence-electron chi connectivity index (χ0n) is 12.5. The number of anilines is 1. The van der Waals surface area contributed by atoms with Crippen molar-refractivity contribution in [2.24, 2.45) is 0 Å². The third-order valence-electron chi connectivity index (χ3n) is 3.14. The summed E-state index contributed by atoms with van der Waals surface area (Å²) in [6.07, 6.45) is 1.67. The molecule has 112 valence electrons. The SMILES string of the molecule is CCNCC1COCCN1c1cc(OC(C)C)ncn1. The molecule has 6 heteroatoms. The highest BCUT2D eigenvalue weighted by Crippen LogP contribution is 2.20. The van der Waals surface area contributed by atoms with Gasteiger partial charge < -0.3 is 19.7 Å².